The third-order valence-corrected chi connectivity index (χ3v) is 10.4. The van der Waals surface area contributed by atoms with Gasteiger partial charge in [0.2, 0.25) is 5.91 Å². The standard InChI is InChI=1S/C43H38N4O7S2/c1-51-32-19-11-17-29(21-32)35-26-55-43(46-35)47-42(50)39(27-13-7-5-8-14-27)56-33-20-12-18-31(24-33)44-41(49)34(45-40(48)28-15-9-6-10-16-28)22-30-23-37(53-3)38(54-4)25-36(30)52-2/h5-26,39H,1-4H3,(H,44,49)(H,45,48)(H,46,47,50)/b34-22+. The van der Waals surface area contributed by atoms with Crippen LogP contribution in [0.25, 0.3) is 17.3 Å². The van der Waals surface area contributed by atoms with Crippen LogP contribution in [0.3, 0.4) is 0 Å². The highest BCUT2D eigenvalue weighted by Gasteiger charge is 2.24. The molecule has 284 valence electrons. The topological polar surface area (TPSA) is 137 Å². The van der Waals surface area contributed by atoms with Gasteiger partial charge in [-0.1, -0.05) is 66.7 Å². The fraction of sp³-hybridized carbons (Fsp3) is 0.116. The monoisotopic (exact) mass is 786 g/mol. The van der Waals surface area contributed by atoms with E-state index >= 15 is 0 Å². The Hall–Kier alpha value is -6.57. The van der Waals surface area contributed by atoms with Gasteiger partial charge in [0.15, 0.2) is 16.6 Å². The lowest BCUT2D eigenvalue weighted by Crippen LogP contribution is -2.30. The van der Waals surface area contributed by atoms with Crippen molar-refractivity contribution in [3.8, 4) is 34.3 Å². The number of rotatable bonds is 15. The number of amides is 3. The fourth-order valence-corrected chi connectivity index (χ4v) is 7.37. The first kappa shape index (κ1) is 39.1. The second-order valence-electron chi connectivity index (χ2n) is 12.0. The molecule has 5 aromatic carbocycles. The fourth-order valence-electron chi connectivity index (χ4n) is 5.56. The number of carbonyl (C=O) groups is 3. The highest BCUT2D eigenvalue weighted by Crippen LogP contribution is 2.39. The molecule has 0 fully saturated rings. The zero-order chi connectivity index (χ0) is 39.4. The first-order chi connectivity index (χ1) is 27.3. The summed E-state index contributed by atoms with van der Waals surface area (Å²) in [6, 6.07) is 36.0. The molecule has 0 radical (unpaired) electrons. The summed E-state index contributed by atoms with van der Waals surface area (Å²) >= 11 is 2.65. The van der Waals surface area contributed by atoms with E-state index in [4.69, 9.17) is 18.9 Å². The van der Waals surface area contributed by atoms with Gasteiger partial charge in [0.05, 0.1) is 34.1 Å². The molecule has 3 amide bonds. The Bertz CT molecular complexity index is 2350. The molecule has 6 aromatic rings. The quantitative estimate of drug-likeness (QED) is 0.0690. The lowest BCUT2D eigenvalue weighted by atomic mass is 10.1. The molecule has 13 heteroatoms. The van der Waals surface area contributed by atoms with Crippen molar-refractivity contribution in [2.45, 2.75) is 10.1 Å². The van der Waals surface area contributed by atoms with Gasteiger partial charge in [-0.25, -0.2) is 4.98 Å². The smallest absolute Gasteiger partial charge is 0.272 e. The molecule has 0 bridgehead atoms. The molecule has 56 heavy (non-hydrogen) atoms. The lowest BCUT2D eigenvalue weighted by Gasteiger charge is -2.17. The number of hydrogen-bond donors (Lipinski definition) is 3. The molecule has 1 unspecified atom stereocenters. The molecular weight excluding hydrogens is 749 g/mol. The summed E-state index contributed by atoms with van der Waals surface area (Å²) < 4.78 is 21.8. The number of thioether (sulfide) groups is 1. The van der Waals surface area contributed by atoms with Crippen LogP contribution in [-0.2, 0) is 9.59 Å². The number of hydrogen-bond acceptors (Lipinski definition) is 10. The van der Waals surface area contributed by atoms with Crippen LogP contribution in [0.2, 0.25) is 0 Å². The van der Waals surface area contributed by atoms with E-state index in [2.05, 4.69) is 20.9 Å². The third kappa shape index (κ3) is 9.75. The number of thiazole rings is 1. The minimum Gasteiger partial charge on any atom is -0.497 e. The predicted molar refractivity (Wildman–Crippen MR) is 221 cm³/mol. The number of carbonyl (C=O) groups excluding carboxylic acids is 3. The Morgan fingerprint density at radius 2 is 1.41 bits per heavy atom. The van der Waals surface area contributed by atoms with Crippen molar-refractivity contribution in [1.29, 1.82) is 0 Å². The van der Waals surface area contributed by atoms with Crippen LogP contribution in [0.15, 0.2) is 137 Å². The van der Waals surface area contributed by atoms with Gasteiger partial charge in [-0.2, -0.15) is 0 Å². The number of nitrogens with one attached hydrogen (secondary N) is 3. The SMILES string of the molecule is COc1cccc(-c2csc(NC(=O)C(Sc3cccc(NC(=O)/C(=C\c4cc(OC)c(OC)cc4OC)NC(=O)c4ccccc4)c3)c3ccccc3)n2)c1. The second-order valence-corrected chi connectivity index (χ2v) is 14.0. The van der Waals surface area contributed by atoms with Crippen molar-refractivity contribution in [2.24, 2.45) is 0 Å². The maximum absolute atomic E-state index is 14.0. The van der Waals surface area contributed by atoms with Gasteiger partial charge in [0.25, 0.3) is 11.8 Å². The molecule has 6 rings (SSSR count). The average Bonchev–Trinajstić information content (AvgIpc) is 3.71. The molecule has 0 aliphatic heterocycles. The Balaban J connectivity index is 1.25. The highest BCUT2D eigenvalue weighted by molar-refractivity contribution is 8.00. The maximum atomic E-state index is 14.0. The number of nitrogens with zero attached hydrogens (tertiary/aromatic N) is 1. The predicted octanol–water partition coefficient (Wildman–Crippen LogP) is 8.73. The first-order valence-corrected chi connectivity index (χ1v) is 19.0. The molecule has 1 atom stereocenters. The van der Waals surface area contributed by atoms with Gasteiger partial charge in [0.1, 0.15) is 22.4 Å². The molecule has 11 nitrogen and oxygen atoms in total. The maximum Gasteiger partial charge on any atom is 0.272 e. The molecule has 0 aliphatic rings. The number of anilines is 2. The number of methoxy groups -OCH3 is 4. The van der Waals surface area contributed by atoms with E-state index in [0.717, 1.165) is 16.8 Å². The molecule has 0 saturated heterocycles. The Morgan fingerprint density at radius 1 is 0.714 bits per heavy atom. The van der Waals surface area contributed by atoms with Crippen LogP contribution < -0.4 is 34.9 Å². The van der Waals surface area contributed by atoms with Gasteiger partial charge < -0.3 is 34.9 Å². The van der Waals surface area contributed by atoms with E-state index in [-0.39, 0.29) is 11.6 Å². The van der Waals surface area contributed by atoms with Crippen molar-refractivity contribution < 1.29 is 33.3 Å². The molecule has 0 aliphatic carbocycles. The molecule has 1 heterocycles. The summed E-state index contributed by atoms with van der Waals surface area (Å²) in [5.74, 6) is 0.594. The molecule has 0 spiro atoms. The number of aromatic nitrogens is 1. The van der Waals surface area contributed by atoms with Crippen molar-refractivity contribution in [3.63, 3.8) is 0 Å². The summed E-state index contributed by atoms with van der Waals surface area (Å²) in [4.78, 5) is 46.6. The van der Waals surface area contributed by atoms with E-state index < -0.39 is 17.1 Å². The molecular formula is C43H38N4O7S2. The summed E-state index contributed by atoms with van der Waals surface area (Å²) in [5, 5.41) is 10.3. The van der Waals surface area contributed by atoms with Crippen LogP contribution in [-0.4, -0.2) is 51.1 Å². The molecule has 0 saturated carbocycles. The molecule has 1 aromatic heterocycles. The number of ether oxygens (including phenoxy) is 4. The van der Waals surface area contributed by atoms with Crippen molar-refractivity contribution >= 4 is 57.7 Å². The summed E-state index contributed by atoms with van der Waals surface area (Å²) in [7, 11) is 6.10. The van der Waals surface area contributed by atoms with E-state index in [1.807, 2.05) is 66.0 Å². The Labute approximate surface area is 332 Å². The van der Waals surface area contributed by atoms with Gasteiger partial charge in [-0.05, 0) is 60.2 Å². The van der Waals surface area contributed by atoms with Crippen LogP contribution in [0.4, 0.5) is 10.8 Å². The zero-order valence-electron chi connectivity index (χ0n) is 30.9. The second kappa shape index (κ2) is 18.7. The van der Waals surface area contributed by atoms with Gasteiger partial charge in [-0.3, -0.25) is 14.4 Å². The summed E-state index contributed by atoms with van der Waals surface area (Å²) in [6.07, 6.45) is 1.50. The Kier molecular flexibility index (Phi) is 13.0. The zero-order valence-corrected chi connectivity index (χ0v) is 32.5. The van der Waals surface area contributed by atoms with Crippen molar-refractivity contribution in [3.05, 3.63) is 149 Å². The van der Waals surface area contributed by atoms with E-state index in [1.54, 1.807) is 67.8 Å². The van der Waals surface area contributed by atoms with Crippen molar-refractivity contribution in [1.82, 2.24) is 10.3 Å². The normalized spacial score (nSPS) is 11.5. The van der Waals surface area contributed by atoms with Crippen LogP contribution in [0.5, 0.6) is 23.0 Å². The summed E-state index contributed by atoms with van der Waals surface area (Å²) in [6.45, 7) is 0. The largest absolute Gasteiger partial charge is 0.497 e. The van der Waals surface area contributed by atoms with E-state index in [0.29, 0.717) is 49.8 Å². The highest BCUT2D eigenvalue weighted by atomic mass is 32.2. The van der Waals surface area contributed by atoms with Crippen LogP contribution in [0, 0.1) is 0 Å². The van der Waals surface area contributed by atoms with Crippen molar-refractivity contribution in [2.75, 3.05) is 39.1 Å². The van der Waals surface area contributed by atoms with Crippen LogP contribution in [0.1, 0.15) is 26.7 Å². The lowest BCUT2D eigenvalue weighted by molar-refractivity contribution is -0.116. The van der Waals surface area contributed by atoms with Gasteiger partial charge in [0, 0.05) is 38.7 Å². The first-order valence-electron chi connectivity index (χ1n) is 17.2. The molecule has 3 N–H and O–H groups in total. The van der Waals surface area contributed by atoms with E-state index in [9.17, 15) is 14.4 Å². The summed E-state index contributed by atoms with van der Waals surface area (Å²) in [5.41, 5.74) is 3.58. The van der Waals surface area contributed by atoms with E-state index in [1.165, 1.54) is 50.5 Å². The minimum atomic E-state index is -0.663. The number of benzene rings is 5. The Morgan fingerprint density at radius 3 is 2.12 bits per heavy atom. The van der Waals surface area contributed by atoms with Gasteiger partial charge in [-0.15, -0.1) is 23.1 Å². The minimum absolute atomic E-state index is 0.0549. The third-order valence-electron chi connectivity index (χ3n) is 8.35. The van der Waals surface area contributed by atoms with Gasteiger partial charge >= 0.3 is 0 Å². The van der Waals surface area contributed by atoms with Crippen LogP contribution >= 0.6 is 23.1 Å². The average molecular weight is 787 g/mol.